The lowest BCUT2D eigenvalue weighted by Crippen LogP contribution is -2.50. The van der Waals surface area contributed by atoms with Crippen molar-refractivity contribution in [2.45, 2.75) is 19.4 Å². The number of hydrogen-bond donors (Lipinski definition) is 1. The van der Waals surface area contributed by atoms with Crippen LogP contribution in [0.4, 0.5) is 0 Å². The van der Waals surface area contributed by atoms with E-state index in [1.807, 2.05) is 12.1 Å². The first kappa shape index (κ1) is 20.2. The molecule has 1 aliphatic rings. The number of hydrogen-bond acceptors (Lipinski definition) is 3. The molecule has 0 aromatic heterocycles. The van der Waals surface area contributed by atoms with Gasteiger partial charge in [-0.3, -0.25) is 4.90 Å². The second kappa shape index (κ2) is 10.9. The fourth-order valence-corrected chi connectivity index (χ4v) is 2.74. The average Bonchev–Trinajstić information content (AvgIpc) is 2.37. The van der Waals surface area contributed by atoms with E-state index in [2.05, 4.69) is 51.9 Å². The number of rotatable bonds is 5. The van der Waals surface area contributed by atoms with Crippen LogP contribution in [0.15, 0.2) is 24.3 Å². The summed E-state index contributed by atoms with van der Waals surface area (Å²) < 4.78 is 6.99. The normalized spacial score (nSPS) is 18.8. The summed E-state index contributed by atoms with van der Waals surface area (Å²) in [5, 5.41) is 3.41. The molecule has 1 aliphatic heterocycles. The Morgan fingerprint density at radius 3 is 2.90 bits per heavy atom. The van der Waals surface area contributed by atoms with Crippen molar-refractivity contribution >= 4 is 47.4 Å². The van der Waals surface area contributed by atoms with Crippen LogP contribution < -0.4 is 10.1 Å². The lowest BCUT2D eigenvalue weighted by atomic mass is 10.2. The van der Waals surface area contributed by atoms with Crippen molar-refractivity contribution in [2.75, 3.05) is 32.8 Å². The molecule has 1 N–H and O–H groups in total. The number of benzene rings is 1. The maximum absolute atomic E-state index is 5.77. The van der Waals surface area contributed by atoms with Crippen LogP contribution in [0.5, 0.6) is 5.75 Å². The summed E-state index contributed by atoms with van der Waals surface area (Å²) in [6.45, 7) is 7.60. The topological polar surface area (TPSA) is 24.5 Å². The molecule has 0 bridgehead atoms. The van der Waals surface area contributed by atoms with Crippen LogP contribution in [0, 0.1) is 3.57 Å². The molecule has 1 aromatic rings. The average molecular weight is 433 g/mol. The summed E-state index contributed by atoms with van der Waals surface area (Å²) in [5.74, 6) is 0.982. The molecule has 1 heterocycles. The molecular weight excluding hydrogens is 410 g/mol. The predicted molar refractivity (Wildman–Crippen MR) is 97.7 cm³/mol. The van der Waals surface area contributed by atoms with Crippen LogP contribution in [0.1, 0.15) is 13.3 Å². The summed E-state index contributed by atoms with van der Waals surface area (Å²) in [6.07, 6.45) is 1.09. The second-order valence-electron chi connectivity index (χ2n) is 4.75. The Morgan fingerprint density at radius 1 is 1.40 bits per heavy atom. The van der Waals surface area contributed by atoms with E-state index in [9.17, 15) is 0 Å². The highest BCUT2D eigenvalue weighted by Gasteiger charge is 2.16. The summed E-state index contributed by atoms with van der Waals surface area (Å²) in [4.78, 5) is 2.54. The molecule has 0 radical (unpaired) electrons. The molecule has 0 aliphatic carbocycles. The summed E-state index contributed by atoms with van der Waals surface area (Å²) >= 11 is 2.31. The highest BCUT2D eigenvalue weighted by Crippen LogP contribution is 2.15. The Labute approximate surface area is 147 Å². The van der Waals surface area contributed by atoms with Gasteiger partial charge in [0, 0.05) is 35.8 Å². The van der Waals surface area contributed by atoms with Crippen molar-refractivity contribution in [2.24, 2.45) is 0 Å². The maximum Gasteiger partial charge on any atom is 0.120 e. The van der Waals surface area contributed by atoms with E-state index in [0.29, 0.717) is 6.04 Å². The van der Waals surface area contributed by atoms with E-state index in [1.165, 1.54) is 3.57 Å². The number of halogens is 3. The highest BCUT2D eigenvalue weighted by molar-refractivity contribution is 14.1. The molecule has 0 amide bonds. The zero-order valence-corrected chi connectivity index (χ0v) is 15.5. The molecule has 20 heavy (non-hydrogen) atoms. The highest BCUT2D eigenvalue weighted by atomic mass is 127. The maximum atomic E-state index is 5.77. The van der Waals surface area contributed by atoms with Gasteiger partial charge in [0.05, 0.1) is 6.61 Å². The molecule has 1 saturated heterocycles. The number of piperazine rings is 1. The lowest BCUT2D eigenvalue weighted by molar-refractivity contribution is 0.160. The second-order valence-corrected chi connectivity index (χ2v) is 5.99. The first-order valence-electron chi connectivity index (χ1n) is 6.59. The quantitative estimate of drug-likeness (QED) is 0.571. The Morgan fingerprint density at radius 2 is 2.20 bits per heavy atom. The predicted octanol–water partition coefficient (Wildman–Crippen LogP) is 3.20. The van der Waals surface area contributed by atoms with Gasteiger partial charge >= 0.3 is 0 Å². The Bertz CT molecular complexity index is 382. The van der Waals surface area contributed by atoms with E-state index < -0.39 is 0 Å². The molecule has 0 unspecified atom stereocenters. The van der Waals surface area contributed by atoms with Crippen LogP contribution >= 0.6 is 47.4 Å². The number of nitrogens with zero attached hydrogens (tertiary/aromatic N) is 1. The van der Waals surface area contributed by atoms with E-state index >= 15 is 0 Å². The van der Waals surface area contributed by atoms with Crippen LogP contribution in [0.25, 0.3) is 0 Å². The molecular formula is C14H23Cl2IN2O. The van der Waals surface area contributed by atoms with Gasteiger partial charge in [-0.25, -0.2) is 0 Å². The Kier molecular flexibility index (Phi) is 11.0. The third-order valence-corrected chi connectivity index (χ3v) is 3.96. The summed E-state index contributed by atoms with van der Waals surface area (Å²) in [7, 11) is 0. The Hall–Kier alpha value is 0.250. The van der Waals surface area contributed by atoms with Crippen molar-refractivity contribution in [3.8, 4) is 5.75 Å². The smallest absolute Gasteiger partial charge is 0.120 e. The first-order valence-corrected chi connectivity index (χ1v) is 7.67. The molecule has 1 atom stereocenters. The van der Waals surface area contributed by atoms with Crippen molar-refractivity contribution in [1.29, 1.82) is 0 Å². The van der Waals surface area contributed by atoms with Crippen LogP contribution in [-0.2, 0) is 0 Å². The van der Waals surface area contributed by atoms with Gasteiger partial charge in [-0.05, 0) is 54.1 Å². The first-order chi connectivity index (χ1) is 8.75. The summed E-state index contributed by atoms with van der Waals surface area (Å²) in [6, 6.07) is 8.87. The van der Waals surface area contributed by atoms with Gasteiger partial charge in [0.25, 0.3) is 0 Å². The lowest BCUT2D eigenvalue weighted by Gasteiger charge is -2.33. The molecule has 116 valence electrons. The molecule has 1 fully saturated rings. The SMILES string of the molecule is C[C@@H]1CNCCN1CCCOc1cccc(I)c1.Cl.Cl. The van der Waals surface area contributed by atoms with Crippen LogP contribution in [0.2, 0.25) is 0 Å². The fraction of sp³-hybridized carbons (Fsp3) is 0.571. The number of ether oxygens (including phenoxy) is 1. The molecule has 0 spiro atoms. The van der Waals surface area contributed by atoms with Gasteiger partial charge in [0.15, 0.2) is 0 Å². The van der Waals surface area contributed by atoms with Crippen molar-refractivity contribution in [3.63, 3.8) is 0 Å². The summed E-state index contributed by atoms with van der Waals surface area (Å²) in [5.41, 5.74) is 0. The third-order valence-electron chi connectivity index (χ3n) is 3.29. The standard InChI is InChI=1S/C14H21IN2O.2ClH/c1-12-11-16-6-8-17(12)7-3-9-18-14-5-2-4-13(15)10-14;;/h2,4-5,10,12,16H,3,6-9,11H2,1H3;2*1H/t12-;;/m1../s1. The van der Waals surface area contributed by atoms with Crippen LogP contribution in [0.3, 0.4) is 0 Å². The van der Waals surface area contributed by atoms with E-state index in [1.54, 1.807) is 0 Å². The van der Waals surface area contributed by atoms with Gasteiger partial charge in [-0.1, -0.05) is 6.07 Å². The van der Waals surface area contributed by atoms with Crippen molar-refractivity contribution in [3.05, 3.63) is 27.8 Å². The zero-order valence-electron chi connectivity index (χ0n) is 11.7. The van der Waals surface area contributed by atoms with Gasteiger partial charge < -0.3 is 10.1 Å². The van der Waals surface area contributed by atoms with Crippen molar-refractivity contribution in [1.82, 2.24) is 10.2 Å². The monoisotopic (exact) mass is 432 g/mol. The minimum Gasteiger partial charge on any atom is -0.494 e. The minimum atomic E-state index is 0. The van der Waals surface area contributed by atoms with Gasteiger partial charge in [-0.15, -0.1) is 24.8 Å². The molecule has 1 aromatic carbocycles. The minimum absolute atomic E-state index is 0. The molecule has 6 heteroatoms. The van der Waals surface area contributed by atoms with Crippen molar-refractivity contribution < 1.29 is 4.74 Å². The van der Waals surface area contributed by atoms with E-state index in [4.69, 9.17) is 4.74 Å². The van der Waals surface area contributed by atoms with Crippen LogP contribution in [-0.4, -0.2) is 43.7 Å². The van der Waals surface area contributed by atoms with Gasteiger partial charge in [0.1, 0.15) is 5.75 Å². The molecule has 3 nitrogen and oxygen atoms in total. The molecule has 0 saturated carbocycles. The molecule has 2 rings (SSSR count). The van der Waals surface area contributed by atoms with Gasteiger partial charge in [-0.2, -0.15) is 0 Å². The largest absolute Gasteiger partial charge is 0.494 e. The number of nitrogens with one attached hydrogen (secondary N) is 1. The zero-order chi connectivity index (χ0) is 12.8. The van der Waals surface area contributed by atoms with E-state index in [0.717, 1.165) is 45.0 Å². The third kappa shape index (κ3) is 6.80. The fourth-order valence-electron chi connectivity index (χ4n) is 2.23. The van der Waals surface area contributed by atoms with E-state index in [-0.39, 0.29) is 24.8 Å². The Balaban J connectivity index is 0.00000180. The van der Waals surface area contributed by atoms with Gasteiger partial charge in [0.2, 0.25) is 0 Å².